The highest BCUT2D eigenvalue weighted by molar-refractivity contribution is 5.94. The van der Waals surface area contributed by atoms with Gasteiger partial charge in [-0.25, -0.2) is 4.79 Å². The Balaban J connectivity index is 3.52. The minimum absolute atomic E-state index is 0.203. The lowest BCUT2D eigenvalue weighted by Crippen LogP contribution is -2.07. The Morgan fingerprint density at radius 3 is 2.65 bits per heavy atom. The van der Waals surface area contributed by atoms with Crippen LogP contribution >= 0.6 is 0 Å². The number of nitro groups is 1. The second-order valence-electron chi connectivity index (χ2n) is 3.24. The van der Waals surface area contributed by atoms with Crippen molar-refractivity contribution >= 4 is 11.7 Å². The molecule has 6 heteroatoms. The standard InChI is InChI=1S/C11H10N2O4/c1-3-7-5-10(13(15)16)9(11(14)17-2)4-8(7)6-12/h4-5H,3H2,1-2H3. The van der Waals surface area contributed by atoms with Crippen molar-refractivity contribution in [1.29, 1.82) is 5.26 Å². The van der Waals surface area contributed by atoms with Crippen LogP contribution in [0.15, 0.2) is 12.1 Å². The molecule has 0 atom stereocenters. The number of carbonyl (C=O) groups is 1. The Morgan fingerprint density at radius 1 is 1.59 bits per heavy atom. The van der Waals surface area contributed by atoms with Gasteiger partial charge in [0.1, 0.15) is 5.56 Å². The minimum atomic E-state index is -0.823. The van der Waals surface area contributed by atoms with E-state index in [1.54, 1.807) is 6.92 Å². The SMILES string of the molecule is CCc1cc([N+](=O)[O-])c(C(=O)OC)cc1C#N. The van der Waals surface area contributed by atoms with Gasteiger partial charge in [0.25, 0.3) is 5.69 Å². The monoisotopic (exact) mass is 234 g/mol. The number of aryl methyl sites for hydroxylation is 1. The normalized spacial score (nSPS) is 9.47. The van der Waals surface area contributed by atoms with Crippen LogP contribution in [0.5, 0.6) is 0 Å². The van der Waals surface area contributed by atoms with Crippen LogP contribution in [0.25, 0.3) is 0 Å². The van der Waals surface area contributed by atoms with Gasteiger partial charge in [-0.2, -0.15) is 5.26 Å². The molecule has 1 aromatic carbocycles. The third-order valence-electron chi connectivity index (χ3n) is 2.32. The molecule has 1 aromatic rings. The van der Waals surface area contributed by atoms with Crippen molar-refractivity contribution in [2.75, 3.05) is 7.11 Å². The number of rotatable bonds is 3. The average molecular weight is 234 g/mol. The maximum atomic E-state index is 11.4. The average Bonchev–Trinajstić information content (AvgIpc) is 2.35. The van der Waals surface area contributed by atoms with Gasteiger partial charge in [0.05, 0.1) is 23.7 Å². The summed E-state index contributed by atoms with van der Waals surface area (Å²) in [6, 6.07) is 4.34. The van der Waals surface area contributed by atoms with Crippen molar-refractivity contribution in [3.63, 3.8) is 0 Å². The van der Waals surface area contributed by atoms with Crippen LogP contribution in [-0.4, -0.2) is 18.0 Å². The summed E-state index contributed by atoms with van der Waals surface area (Å²) >= 11 is 0. The van der Waals surface area contributed by atoms with Crippen LogP contribution in [-0.2, 0) is 11.2 Å². The van der Waals surface area contributed by atoms with E-state index in [0.29, 0.717) is 12.0 Å². The fraction of sp³-hybridized carbons (Fsp3) is 0.273. The predicted octanol–water partition coefficient (Wildman–Crippen LogP) is 1.82. The lowest BCUT2D eigenvalue weighted by atomic mass is 10.0. The summed E-state index contributed by atoms with van der Waals surface area (Å²) < 4.78 is 4.45. The molecule has 1 rings (SSSR count). The summed E-state index contributed by atoms with van der Waals surface area (Å²) in [5, 5.41) is 19.7. The van der Waals surface area contributed by atoms with Gasteiger partial charge in [-0.05, 0) is 18.1 Å². The first kappa shape index (κ1) is 12.6. The lowest BCUT2D eigenvalue weighted by molar-refractivity contribution is -0.385. The van der Waals surface area contributed by atoms with Crippen molar-refractivity contribution in [3.8, 4) is 6.07 Å². The Bertz CT molecular complexity index is 517. The van der Waals surface area contributed by atoms with E-state index in [1.807, 2.05) is 6.07 Å². The number of nitro benzene ring substituents is 1. The van der Waals surface area contributed by atoms with E-state index in [-0.39, 0.29) is 16.8 Å². The number of hydrogen-bond acceptors (Lipinski definition) is 5. The molecule has 17 heavy (non-hydrogen) atoms. The highest BCUT2D eigenvalue weighted by Crippen LogP contribution is 2.24. The second-order valence-corrected chi connectivity index (χ2v) is 3.24. The summed E-state index contributed by atoms with van der Waals surface area (Å²) in [5.41, 5.74) is 0.240. The second kappa shape index (κ2) is 5.07. The zero-order valence-corrected chi connectivity index (χ0v) is 9.39. The Labute approximate surface area is 97.6 Å². The van der Waals surface area contributed by atoms with Gasteiger partial charge in [0.2, 0.25) is 0 Å². The minimum Gasteiger partial charge on any atom is -0.465 e. The number of methoxy groups -OCH3 is 1. The molecule has 0 aliphatic rings. The maximum absolute atomic E-state index is 11.4. The highest BCUT2D eigenvalue weighted by Gasteiger charge is 2.23. The van der Waals surface area contributed by atoms with Gasteiger partial charge in [-0.3, -0.25) is 10.1 Å². The molecule has 0 aliphatic carbocycles. The van der Waals surface area contributed by atoms with Gasteiger partial charge >= 0.3 is 5.97 Å². The largest absolute Gasteiger partial charge is 0.465 e. The van der Waals surface area contributed by atoms with Gasteiger partial charge in [0, 0.05) is 6.07 Å². The Hall–Kier alpha value is -2.42. The van der Waals surface area contributed by atoms with Gasteiger partial charge in [-0.15, -0.1) is 0 Å². The number of nitriles is 1. The molecule has 0 amide bonds. The molecular formula is C11H10N2O4. The molecule has 0 aromatic heterocycles. The molecule has 0 saturated heterocycles. The summed E-state index contributed by atoms with van der Waals surface area (Å²) in [6.45, 7) is 1.78. The van der Waals surface area contributed by atoms with Crippen molar-refractivity contribution in [3.05, 3.63) is 38.9 Å². The van der Waals surface area contributed by atoms with Crippen LogP contribution in [0, 0.1) is 21.4 Å². The van der Waals surface area contributed by atoms with Crippen LogP contribution in [0.1, 0.15) is 28.4 Å². The van der Waals surface area contributed by atoms with E-state index >= 15 is 0 Å². The van der Waals surface area contributed by atoms with Crippen molar-refractivity contribution in [2.45, 2.75) is 13.3 Å². The van der Waals surface area contributed by atoms with Crippen LogP contribution in [0.3, 0.4) is 0 Å². The fourth-order valence-electron chi connectivity index (χ4n) is 1.45. The Kier molecular flexibility index (Phi) is 3.78. The first-order valence-corrected chi connectivity index (χ1v) is 4.84. The van der Waals surface area contributed by atoms with Crippen molar-refractivity contribution in [1.82, 2.24) is 0 Å². The van der Waals surface area contributed by atoms with E-state index in [4.69, 9.17) is 5.26 Å². The molecular weight excluding hydrogens is 224 g/mol. The molecule has 0 bridgehead atoms. The topological polar surface area (TPSA) is 93.2 Å². The number of ether oxygens (including phenoxy) is 1. The molecule has 88 valence electrons. The molecule has 0 N–H and O–H groups in total. The smallest absolute Gasteiger partial charge is 0.344 e. The first-order chi connectivity index (χ1) is 8.04. The quantitative estimate of drug-likeness (QED) is 0.451. The van der Waals surface area contributed by atoms with Gasteiger partial charge in [-0.1, -0.05) is 6.92 Å². The lowest BCUT2D eigenvalue weighted by Gasteiger charge is -2.05. The summed E-state index contributed by atoms with van der Waals surface area (Å²) in [4.78, 5) is 21.5. The molecule has 0 aliphatic heterocycles. The van der Waals surface area contributed by atoms with Crippen LogP contribution < -0.4 is 0 Å². The van der Waals surface area contributed by atoms with E-state index in [9.17, 15) is 14.9 Å². The fourth-order valence-corrected chi connectivity index (χ4v) is 1.45. The zero-order chi connectivity index (χ0) is 13.0. The number of carbonyl (C=O) groups excluding carboxylic acids is 1. The molecule has 0 unspecified atom stereocenters. The molecule has 6 nitrogen and oxygen atoms in total. The van der Waals surface area contributed by atoms with Crippen molar-refractivity contribution < 1.29 is 14.5 Å². The van der Waals surface area contributed by atoms with E-state index in [1.165, 1.54) is 12.1 Å². The Morgan fingerprint density at radius 2 is 2.24 bits per heavy atom. The van der Waals surface area contributed by atoms with Crippen LogP contribution in [0.2, 0.25) is 0 Å². The maximum Gasteiger partial charge on any atom is 0.344 e. The molecule has 0 saturated carbocycles. The first-order valence-electron chi connectivity index (χ1n) is 4.84. The summed E-state index contributed by atoms with van der Waals surface area (Å²) in [5.74, 6) is -0.823. The van der Waals surface area contributed by atoms with E-state index in [0.717, 1.165) is 7.11 Å². The molecule has 0 spiro atoms. The number of benzene rings is 1. The van der Waals surface area contributed by atoms with Crippen molar-refractivity contribution in [2.24, 2.45) is 0 Å². The van der Waals surface area contributed by atoms with Gasteiger partial charge < -0.3 is 4.74 Å². The third-order valence-corrected chi connectivity index (χ3v) is 2.32. The molecule has 0 radical (unpaired) electrons. The summed E-state index contributed by atoms with van der Waals surface area (Å²) in [7, 11) is 1.13. The summed E-state index contributed by atoms with van der Waals surface area (Å²) in [6.07, 6.45) is 0.477. The van der Waals surface area contributed by atoms with E-state index in [2.05, 4.69) is 4.74 Å². The van der Waals surface area contributed by atoms with Crippen LogP contribution in [0.4, 0.5) is 5.69 Å². The van der Waals surface area contributed by atoms with E-state index < -0.39 is 10.9 Å². The van der Waals surface area contributed by atoms with Gasteiger partial charge in [0.15, 0.2) is 0 Å². The number of nitrogens with zero attached hydrogens (tertiary/aromatic N) is 2. The number of esters is 1. The third kappa shape index (κ3) is 2.39. The zero-order valence-electron chi connectivity index (χ0n) is 9.39. The predicted molar refractivity (Wildman–Crippen MR) is 58.5 cm³/mol. The number of hydrogen-bond donors (Lipinski definition) is 0. The molecule has 0 fully saturated rings. The molecule has 0 heterocycles. The highest BCUT2D eigenvalue weighted by atomic mass is 16.6.